The van der Waals surface area contributed by atoms with Gasteiger partial charge in [0.05, 0.1) is 45.3 Å². The van der Waals surface area contributed by atoms with Gasteiger partial charge in [0.2, 0.25) is 5.88 Å². The average molecular weight is 612 g/mol. The summed E-state index contributed by atoms with van der Waals surface area (Å²) in [5.74, 6) is 2.39. The van der Waals surface area contributed by atoms with E-state index in [-0.39, 0.29) is 6.61 Å². The Morgan fingerprint density at radius 3 is 2.59 bits per heavy atom. The largest absolute Gasteiger partial charge is 0.475 e. The second-order valence-electron chi connectivity index (χ2n) is 11.4. The van der Waals surface area contributed by atoms with Crippen LogP contribution in [0.2, 0.25) is 0 Å². The zero-order valence-electron chi connectivity index (χ0n) is 26.1. The Labute approximate surface area is 260 Å². The normalized spacial score (nSPS) is 17.8. The zero-order valence-corrected chi connectivity index (χ0v) is 26.1. The molecule has 242 valence electrons. The van der Waals surface area contributed by atoms with Gasteiger partial charge in [0, 0.05) is 49.6 Å². The highest BCUT2D eigenvalue weighted by molar-refractivity contribution is 5.61. The molecule has 12 nitrogen and oxygen atoms in total. The van der Waals surface area contributed by atoms with Crippen molar-refractivity contribution in [1.29, 1.82) is 0 Å². The number of nitrogens with zero attached hydrogens (tertiary/aromatic N) is 5. The van der Waals surface area contributed by atoms with Crippen molar-refractivity contribution < 1.29 is 24.1 Å². The Hall–Kier alpha value is -3.03. The van der Waals surface area contributed by atoms with E-state index in [9.17, 15) is 5.11 Å². The number of aliphatic hydroxyl groups is 1. The number of hydrogen-bond donors (Lipinski definition) is 3. The molecule has 5 rings (SSSR count). The Bertz CT molecular complexity index is 1250. The van der Waals surface area contributed by atoms with Gasteiger partial charge in [-0.2, -0.15) is 9.61 Å². The van der Waals surface area contributed by atoms with Gasteiger partial charge in [-0.15, -0.1) is 0 Å². The molecule has 3 aromatic heterocycles. The molecule has 0 bridgehead atoms. The summed E-state index contributed by atoms with van der Waals surface area (Å²) in [5, 5.41) is 21.1. The molecule has 0 aromatic carbocycles. The van der Waals surface area contributed by atoms with E-state index in [0.717, 1.165) is 86.6 Å². The van der Waals surface area contributed by atoms with Crippen molar-refractivity contribution in [3.63, 3.8) is 0 Å². The van der Waals surface area contributed by atoms with Crippen LogP contribution in [0.5, 0.6) is 5.88 Å². The summed E-state index contributed by atoms with van der Waals surface area (Å²) >= 11 is 0. The second-order valence-corrected chi connectivity index (χ2v) is 11.4. The van der Waals surface area contributed by atoms with Crippen LogP contribution in [-0.4, -0.2) is 103 Å². The van der Waals surface area contributed by atoms with Gasteiger partial charge in [-0.25, -0.2) is 9.97 Å². The summed E-state index contributed by atoms with van der Waals surface area (Å²) < 4.78 is 24.7. The van der Waals surface area contributed by atoms with Crippen LogP contribution in [0, 0.1) is 0 Å². The lowest BCUT2D eigenvalue weighted by Gasteiger charge is -2.36. The van der Waals surface area contributed by atoms with Crippen molar-refractivity contribution >= 4 is 17.3 Å². The van der Waals surface area contributed by atoms with Gasteiger partial charge in [0.1, 0.15) is 18.2 Å². The molecule has 0 amide bonds. The number of pyridine rings is 1. The molecular weight excluding hydrogens is 562 g/mol. The fourth-order valence-corrected chi connectivity index (χ4v) is 5.83. The molecule has 2 saturated heterocycles. The first-order chi connectivity index (χ1) is 21.7. The van der Waals surface area contributed by atoms with E-state index in [1.165, 1.54) is 6.42 Å². The fourth-order valence-electron chi connectivity index (χ4n) is 5.83. The van der Waals surface area contributed by atoms with E-state index in [1.54, 1.807) is 0 Å². The molecule has 12 heteroatoms. The number of rotatable bonds is 18. The third kappa shape index (κ3) is 9.24. The molecule has 3 aromatic rings. The van der Waals surface area contributed by atoms with Crippen LogP contribution in [0.15, 0.2) is 30.6 Å². The summed E-state index contributed by atoms with van der Waals surface area (Å²) in [7, 11) is 0. The van der Waals surface area contributed by atoms with E-state index in [1.807, 2.05) is 29.0 Å². The lowest BCUT2D eigenvalue weighted by molar-refractivity contribution is -0.0215. The average Bonchev–Trinajstić information content (AvgIpc) is 3.49. The molecule has 2 aliphatic heterocycles. The number of hydrogen-bond acceptors (Lipinski definition) is 11. The number of fused-ring (bicyclic) bond motifs is 1. The topological polar surface area (TPSA) is 128 Å². The van der Waals surface area contributed by atoms with Crippen molar-refractivity contribution in [2.75, 3.05) is 76.1 Å². The molecule has 2 fully saturated rings. The molecule has 0 spiro atoms. The minimum absolute atomic E-state index is 0.186. The third-order valence-corrected chi connectivity index (χ3v) is 8.28. The molecule has 1 atom stereocenters. The lowest BCUT2D eigenvalue weighted by atomic mass is 9.99. The van der Waals surface area contributed by atoms with Crippen LogP contribution in [0.1, 0.15) is 56.6 Å². The molecule has 3 N–H and O–H groups in total. The van der Waals surface area contributed by atoms with Crippen LogP contribution < -0.4 is 20.3 Å². The summed E-state index contributed by atoms with van der Waals surface area (Å²) in [5.41, 5.74) is 3.02. The quantitative estimate of drug-likeness (QED) is 0.184. The summed E-state index contributed by atoms with van der Waals surface area (Å²) in [4.78, 5) is 11.8. The maximum atomic E-state index is 9.63. The van der Waals surface area contributed by atoms with E-state index in [0.29, 0.717) is 64.2 Å². The zero-order chi connectivity index (χ0) is 30.4. The maximum Gasteiger partial charge on any atom is 0.213 e. The minimum Gasteiger partial charge on any atom is -0.475 e. The first-order valence-corrected chi connectivity index (χ1v) is 16.3. The Balaban J connectivity index is 1.04. The van der Waals surface area contributed by atoms with Crippen molar-refractivity contribution in [3.8, 4) is 5.88 Å². The SMILES string of the molecule is CCc1cnn2c(NCc3ccc(OCCOCCOCCOC4CCNCC4)nc3)cc(N3CCCCC3CCO)nc12. The number of nitrogens with one attached hydrogen (secondary N) is 2. The van der Waals surface area contributed by atoms with Gasteiger partial charge < -0.3 is 39.6 Å². The Morgan fingerprint density at radius 1 is 1.00 bits per heavy atom. The van der Waals surface area contributed by atoms with Crippen LogP contribution in [0.3, 0.4) is 0 Å². The number of aryl methyl sites for hydroxylation is 1. The highest BCUT2D eigenvalue weighted by Gasteiger charge is 2.25. The van der Waals surface area contributed by atoms with E-state index >= 15 is 0 Å². The highest BCUT2D eigenvalue weighted by Crippen LogP contribution is 2.29. The van der Waals surface area contributed by atoms with Gasteiger partial charge in [0.15, 0.2) is 5.65 Å². The van der Waals surface area contributed by atoms with Gasteiger partial charge in [-0.3, -0.25) is 0 Å². The fraction of sp³-hybridized carbons (Fsp3) is 0.656. The maximum absolute atomic E-state index is 9.63. The molecule has 0 saturated carbocycles. The predicted octanol–water partition coefficient (Wildman–Crippen LogP) is 3.22. The standard InChI is InChI=1S/C32H49N7O5/c1-2-26-24-36-39-29(21-30(37-32(26)39)38-13-4-3-5-27(38)10-14-40)34-22-25-6-7-31(35-23-25)44-20-18-42-16-15-41-17-19-43-28-8-11-33-12-9-28/h6-7,21,23-24,27-28,33-34,40H,2-5,8-20,22H2,1H3. The number of piperidine rings is 2. The molecule has 44 heavy (non-hydrogen) atoms. The molecule has 0 radical (unpaired) electrons. The molecule has 1 unspecified atom stereocenters. The van der Waals surface area contributed by atoms with Crippen molar-refractivity contribution in [1.82, 2.24) is 24.9 Å². The van der Waals surface area contributed by atoms with Crippen molar-refractivity contribution in [2.24, 2.45) is 0 Å². The van der Waals surface area contributed by atoms with Gasteiger partial charge in [0.25, 0.3) is 0 Å². The van der Waals surface area contributed by atoms with Crippen molar-refractivity contribution in [2.45, 2.75) is 70.6 Å². The Morgan fingerprint density at radius 2 is 1.82 bits per heavy atom. The lowest BCUT2D eigenvalue weighted by Crippen LogP contribution is -2.40. The third-order valence-electron chi connectivity index (χ3n) is 8.28. The molecule has 5 heterocycles. The number of aromatic nitrogens is 4. The number of aliphatic hydroxyl groups excluding tert-OH is 1. The van der Waals surface area contributed by atoms with Gasteiger partial charge in [-0.05, 0) is 63.6 Å². The minimum atomic E-state index is 0.186. The van der Waals surface area contributed by atoms with Crippen LogP contribution in [-0.2, 0) is 27.2 Å². The highest BCUT2D eigenvalue weighted by atomic mass is 16.6. The number of anilines is 2. The smallest absolute Gasteiger partial charge is 0.213 e. The van der Waals surface area contributed by atoms with E-state index < -0.39 is 0 Å². The van der Waals surface area contributed by atoms with Crippen LogP contribution in [0.4, 0.5) is 11.6 Å². The van der Waals surface area contributed by atoms with Crippen LogP contribution >= 0.6 is 0 Å². The monoisotopic (exact) mass is 611 g/mol. The summed E-state index contributed by atoms with van der Waals surface area (Å²) in [6.45, 7) is 9.09. The first-order valence-electron chi connectivity index (χ1n) is 16.3. The predicted molar refractivity (Wildman–Crippen MR) is 170 cm³/mol. The second kappa shape index (κ2) is 17.5. The van der Waals surface area contributed by atoms with Gasteiger partial charge >= 0.3 is 0 Å². The van der Waals surface area contributed by atoms with Crippen molar-refractivity contribution in [3.05, 3.63) is 41.7 Å². The van der Waals surface area contributed by atoms with E-state index in [4.69, 9.17) is 23.9 Å². The number of ether oxygens (including phenoxy) is 4. The Kier molecular flexibility index (Phi) is 12.8. The molecule has 2 aliphatic rings. The van der Waals surface area contributed by atoms with Gasteiger partial charge in [-0.1, -0.05) is 13.0 Å². The summed E-state index contributed by atoms with van der Waals surface area (Å²) in [6, 6.07) is 6.27. The van der Waals surface area contributed by atoms with E-state index in [2.05, 4.69) is 38.6 Å². The summed E-state index contributed by atoms with van der Waals surface area (Å²) in [6.07, 6.45) is 11.2. The molecular formula is C32H49N7O5. The van der Waals surface area contributed by atoms with Crippen LogP contribution in [0.25, 0.3) is 5.65 Å². The first kappa shape index (κ1) is 32.4. The molecule has 0 aliphatic carbocycles.